The quantitative estimate of drug-likeness (QED) is 0.370. The van der Waals surface area contributed by atoms with Gasteiger partial charge in [-0.05, 0) is 62.2 Å². The number of sulfonamides is 1. The molecule has 4 rings (SSSR count). The second kappa shape index (κ2) is 12.0. The van der Waals surface area contributed by atoms with Gasteiger partial charge in [0.2, 0.25) is 10.0 Å². The maximum atomic E-state index is 13.7. The van der Waals surface area contributed by atoms with E-state index in [1.807, 2.05) is 73.1 Å². The third-order valence-electron chi connectivity index (χ3n) is 5.60. The fourth-order valence-electron chi connectivity index (χ4n) is 3.91. The molecule has 1 N–H and O–H groups in total. The molecular formula is C26H23F2N4NaO3S. The van der Waals surface area contributed by atoms with Gasteiger partial charge in [0, 0.05) is 17.3 Å². The zero-order valence-electron chi connectivity index (χ0n) is 20.6. The number of rotatable bonds is 7. The van der Waals surface area contributed by atoms with Crippen LogP contribution in [0.5, 0.6) is 0 Å². The summed E-state index contributed by atoms with van der Waals surface area (Å²) in [6, 6.07) is 18.4. The maximum Gasteiger partial charge on any atom is 1.00 e. The van der Waals surface area contributed by atoms with Gasteiger partial charge in [-0.3, -0.25) is 4.79 Å². The molecule has 0 aliphatic heterocycles. The molecule has 1 heterocycles. The third kappa shape index (κ3) is 6.64. The van der Waals surface area contributed by atoms with Crippen LogP contribution >= 0.6 is 0 Å². The van der Waals surface area contributed by atoms with Crippen molar-refractivity contribution in [3.8, 4) is 16.8 Å². The summed E-state index contributed by atoms with van der Waals surface area (Å²) in [4.78, 5) is 11.1. The average molecular weight is 533 g/mol. The zero-order chi connectivity index (χ0) is 25.9. The number of hydrogen-bond acceptors (Lipinski definition) is 4. The van der Waals surface area contributed by atoms with E-state index in [-0.39, 0.29) is 36.1 Å². The molecule has 1 aromatic heterocycles. The van der Waals surface area contributed by atoms with E-state index < -0.39 is 32.6 Å². The Hall–Kier alpha value is -3.05. The first-order valence-corrected chi connectivity index (χ1v) is 12.5. The second-order valence-corrected chi connectivity index (χ2v) is 9.69. The summed E-state index contributed by atoms with van der Waals surface area (Å²) in [5.74, 6) is -2.25. The van der Waals surface area contributed by atoms with E-state index in [2.05, 4.69) is 15.1 Å². The molecule has 0 atom stereocenters. The first-order chi connectivity index (χ1) is 17.2. The van der Waals surface area contributed by atoms with Gasteiger partial charge in [-0.15, -0.1) is 0 Å². The molecule has 0 aliphatic carbocycles. The minimum atomic E-state index is -4.60. The van der Waals surface area contributed by atoms with E-state index in [0.29, 0.717) is 12.5 Å². The molecule has 0 bridgehead atoms. The third-order valence-corrected chi connectivity index (χ3v) is 6.89. The van der Waals surface area contributed by atoms with Crippen LogP contribution in [-0.2, 0) is 16.4 Å². The van der Waals surface area contributed by atoms with Crippen LogP contribution in [0.1, 0.15) is 17.0 Å². The first kappa shape index (κ1) is 28.5. The van der Waals surface area contributed by atoms with Crippen LogP contribution in [0, 0.1) is 25.5 Å². The van der Waals surface area contributed by atoms with Gasteiger partial charge in [0.1, 0.15) is 16.5 Å². The fourth-order valence-corrected chi connectivity index (χ4v) is 4.84. The van der Waals surface area contributed by atoms with E-state index in [1.54, 1.807) is 0 Å². The topological polar surface area (TPSA) is 95.2 Å². The Kier molecular flexibility index (Phi) is 9.25. The normalized spacial score (nSPS) is 11.0. The Balaban J connectivity index is 0.00000380. The molecule has 2 amide bonds. The summed E-state index contributed by atoms with van der Waals surface area (Å²) in [7, 11) is -4.60. The summed E-state index contributed by atoms with van der Waals surface area (Å²) < 4.78 is 55.9. The molecule has 0 fully saturated rings. The van der Waals surface area contributed by atoms with E-state index >= 15 is 0 Å². The standard InChI is InChI=1S/C26H24F2N4O3S.Na/c1-17-25(20-6-4-3-5-7-20)18(2)32(30-17)22-11-8-19(9-12-22)14-15-29-26(33)31-36(34,35)24-13-10-21(27)16-23(24)28;/h3-13,16H,14-15H2,1-2H3,(H2,29,31,33);/q;+1/p-1. The number of benzene rings is 3. The Morgan fingerprint density at radius 3 is 2.32 bits per heavy atom. The number of nitrogens with one attached hydrogen (secondary N) is 1. The Morgan fingerprint density at radius 2 is 1.68 bits per heavy atom. The number of nitrogens with zero attached hydrogens (tertiary/aromatic N) is 3. The Morgan fingerprint density at radius 1 is 1.00 bits per heavy atom. The van der Waals surface area contributed by atoms with Gasteiger partial charge in [-0.25, -0.2) is 21.9 Å². The first-order valence-electron chi connectivity index (χ1n) is 11.1. The van der Waals surface area contributed by atoms with Crippen LogP contribution in [0.4, 0.5) is 13.6 Å². The molecule has 0 saturated heterocycles. The molecule has 11 heteroatoms. The van der Waals surface area contributed by atoms with E-state index in [0.717, 1.165) is 45.9 Å². The fraction of sp³-hybridized carbons (Fsp3) is 0.154. The summed E-state index contributed by atoms with van der Waals surface area (Å²) in [5.41, 5.74) is 5.90. The average Bonchev–Trinajstić information content (AvgIpc) is 3.13. The molecule has 4 aromatic rings. The van der Waals surface area contributed by atoms with Crippen LogP contribution < -0.4 is 34.9 Å². The molecule has 3 aromatic carbocycles. The zero-order valence-corrected chi connectivity index (χ0v) is 23.4. The smallest absolute Gasteiger partial charge is 0.448 e. The number of hydrogen-bond donors (Lipinski definition) is 1. The van der Waals surface area contributed by atoms with Crippen molar-refractivity contribution in [2.45, 2.75) is 25.2 Å². The van der Waals surface area contributed by atoms with Crippen molar-refractivity contribution in [1.82, 2.24) is 15.1 Å². The van der Waals surface area contributed by atoms with E-state index in [1.165, 1.54) is 0 Å². The van der Waals surface area contributed by atoms with Crippen LogP contribution in [0.3, 0.4) is 0 Å². The van der Waals surface area contributed by atoms with Crippen LogP contribution in [0.2, 0.25) is 0 Å². The minimum absolute atomic E-state index is 0. The monoisotopic (exact) mass is 532 g/mol. The van der Waals surface area contributed by atoms with Gasteiger partial charge < -0.3 is 10.0 Å². The molecule has 186 valence electrons. The van der Waals surface area contributed by atoms with Gasteiger partial charge in [-0.1, -0.05) is 42.5 Å². The van der Waals surface area contributed by atoms with Crippen molar-refractivity contribution in [3.05, 3.63) is 106 Å². The summed E-state index contributed by atoms with van der Waals surface area (Å²) in [5, 5.41) is 7.06. The number of aryl methyl sites for hydroxylation is 1. The Labute approximate surface area is 236 Å². The number of halogens is 2. The number of aromatic nitrogens is 2. The molecule has 0 radical (unpaired) electrons. The number of urea groups is 1. The predicted octanol–water partition coefficient (Wildman–Crippen LogP) is 2.45. The van der Waals surface area contributed by atoms with E-state index in [9.17, 15) is 22.0 Å². The largest absolute Gasteiger partial charge is 1.00 e. The Bertz CT molecular complexity index is 1510. The van der Waals surface area contributed by atoms with Gasteiger partial charge >= 0.3 is 29.6 Å². The van der Waals surface area contributed by atoms with Crippen molar-refractivity contribution >= 4 is 16.1 Å². The summed E-state index contributed by atoms with van der Waals surface area (Å²) >= 11 is 0. The van der Waals surface area contributed by atoms with Crippen molar-refractivity contribution in [2.24, 2.45) is 0 Å². The van der Waals surface area contributed by atoms with Crippen molar-refractivity contribution in [3.63, 3.8) is 0 Å². The molecule has 7 nitrogen and oxygen atoms in total. The summed E-state index contributed by atoms with van der Waals surface area (Å²) in [6.45, 7) is 4.10. The number of amides is 2. The van der Waals surface area contributed by atoms with Gasteiger partial charge in [-0.2, -0.15) is 5.10 Å². The number of carbonyl (C=O) groups excluding carboxylic acids is 1. The van der Waals surface area contributed by atoms with E-state index in [4.69, 9.17) is 0 Å². The van der Waals surface area contributed by atoms with Gasteiger partial charge in [0.15, 0.2) is 6.03 Å². The molecule has 0 saturated carbocycles. The molecule has 0 unspecified atom stereocenters. The van der Waals surface area contributed by atoms with Crippen molar-refractivity contribution in [1.29, 1.82) is 0 Å². The van der Waals surface area contributed by atoms with Crippen LogP contribution in [0.25, 0.3) is 21.5 Å². The molecule has 37 heavy (non-hydrogen) atoms. The molecule has 0 aliphatic rings. The van der Waals surface area contributed by atoms with Crippen molar-refractivity contribution in [2.75, 3.05) is 6.54 Å². The van der Waals surface area contributed by atoms with Crippen LogP contribution in [0.15, 0.2) is 77.7 Å². The predicted molar refractivity (Wildman–Crippen MR) is 132 cm³/mol. The van der Waals surface area contributed by atoms with Crippen molar-refractivity contribution < 1.29 is 51.6 Å². The summed E-state index contributed by atoms with van der Waals surface area (Å²) in [6.07, 6.45) is 0.416. The number of carbonyl (C=O) groups is 1. The van der Waals surface area contributed by atoms with Crippen LogP contribution in [-0.4, -0.2) is 30.8 Å². The minimum Gasteiger partial charge on any atom is -0.448 e. The maximum absolute atomic E-state index is 13.7. The SMILES string of the molecule is Cc1nn(-c2ccc(CCNC(=O)[N-]S(=O)(=O)c3ccc(F)cc3F)cc2)c(C)c1-c1ccccc1.[Na+]. The molecular weight excluding hydrogens is 509 g/mol. The van der Waals surface area contributed by atoms with Gasteiger partial charge in [0.25, 0.3) is 0 Å². The second-order valence-electron chi connectivity index (χ2n) is 8.11. The molecule has 0 spiro atoms. The van der Waals surface area contributed by atoms with Gasteiger partial charge in [0.05, 0.1) is 11.4 Å².